The van der Waals surface area contributed by atoms with E-state index in [1.54, 1.807) is 27.7 Å². The molecule has 8 heteroatoms. The van der Waals surface area contributed by atoms with Crippen LogP contribution in [0.5, 0.6) is 5.75 Å². The van der Waals surface area contributed by atoms with E-state index in [0.29, 0.717) is 25.2 Å². The standard InChI is InChI=1S/C26H33NO7/c1-5-32-23(30)26(22(28)29,27-24(31)34-25(2,3)4)17-9-12-19-13-15-21(16-14-19)33-18-20-10-7-6-8-11-20/h6-8,10-11,13-16H,5,9,12,17-18H2,1-4H3,(H,27,31)(H,28,29). The third-order valence-electron chi connectivity index (χ3n) is 4.89. The third-order valence-corrected chi connectivity index (χ3v) is 4.89. The molecule has 2 aromatic carbocycles. The number of carboxylic acid groups (broad SMARTS) is 1. The number of carbonyl (C=O) groups excluding carboxylic acids is 2. The van der Waals surface area contributed by atoms with Crippen molar-refractivity contribution in [1.29, 1.82) is 0 Å². The number of hydrogen-bond donors (Lipinski definition) is 2. The van der Waals surface area contributed by atoms with E-state index in [0.717, 1.165) is 11.1 Å². The van der Waals surface area contributed by atoms with Crippen LogP contribution in [0.3, 0.4) is 0 Å². The van der Waals surface area contributed by atoms with Gasteiger partial charge in [-0.25, -0.2) is 14.4 Å². The van der Waals surface area contributed by atoms with E-state index in [-0.39, 0.29) is 13.0 Å². The van der Waals surface area contributed by atoms with Gasteiger partial charge in [0.15, 0.2) is 0 Å². The minimum absolute atomic E-state index is 0.0195. The number of aliphatic carboxylic acids is 1. The van der Waals surface area contributed by atoms with Gasteiger partial charge in [0.25, 0.3) is 0 Å². The van der Waals surface area contributed by atoms with E-state index in [1.165, 1.54) is 0 Å². The number of carboxylic acids is 1. The van der Waals surface area contributed by atoms with Crippen molar-refractivity contribution in [3.05, 3.63) is 65.7 Å². The highest BCUT2D eigenvalue weighted by atomic mass is 16.6. The molecule has 1 atom stereocenters. The van der Waals surface area contributed by atoms with E-state index in [2.05, 4.69) is 5.32 Å². The zero-order valence-electron chi connectivity index (χ0n) is 20.1. The van der Waals surface area contributed by atoms with Crippen molar-refractivity contribution in [2.75, 3.05) is 6.61 Å². The van der Waals surface area contributed by atoms with Gasteiger partial charge in [0.1, 0.15) is 18.0 Å². The molecule has 8 nitrogen and oxygen atoms in total. The Labute approximate surface area is 200 Å². The zero-order chi connectivity index (χ0) is 25.2. The molecule has 1 amide bonds. The summed E-state index contributed by atoms with van der Waals surface area (Å²) in [4.78, 5) is 37.0. The summed E-state index contributed by atoms with van der Waals surface area (Å²) in [5, 5.41) is 12.1. The van der Waals surface area contributed by atoms with Crippen LogP contribution in [0, 0.1) is 0 Å². The van der Waals surface area contributed by atoms with Crippen LogP contribution in [0.4, 0.5) is 4.79 Å². The van der Waals surface area contributed by atoms with Crippen molar-refractivity contribution < 1.29 is 33.7 Å². The molecule has 0 spiro atoms. The largest absolute Gasteiger partial charge is 0.489 e. The minimum atomic E-state index is -2.24. The molecular weight excluding hydrogens is 438 g/mol. The van der Waals surface area contributed by atoms with Crippen LogP contribution < -0.4 is 10.1 Å². The Morgan fingerprint density at radius 1 is 0.941 bits per heavy atom. The second kappa shape index (κ2) is 12.1. The van der Waals surface area contributed by atoms with Gasteiger partial charge in [0.2, 0.25) is 5.54 Å². The van der Waals surface area contributed by atoms with Gasteiger partial charge in [-0.05, 0) is 70.2 Å². The first-order chi connectivity index (χ1) is 16.1. The first-order valence-corrected chi connectivity index (χ1v) is 11.2. The van der Waals surface area contributed by atoms with Crippen molar-refractivity contribution in [2.24, 2.45) is 0 Å². The summed E-state index contributed by atoms with van der Waals surface area (Å²) in [6.45, 7) is 6.94. The quantitative estimate of drug-likeness (QED) is 0.367. The smallest absolute Gasteiger partial charge is 0.409 e. The molecule has 0 saturated carbocycles. The second-order valence-corrected chi connectivity index (χ2v) is 8.83. The zero-order valence-corrected chi connectivity index (χ0v) is 20.1. The van der Waals surface area contributed by atoms with Crippen molar-refractivity contribution in [3.8, 4) is 5.75 Å². The van der Waals surface area contributed by atoms with Crippen LogP contribution in [0.15, 0.2) is 54.6 Å². The molecule has 34 heavy (non-hydrogen) atoms. The lowest BCUT2D eigenvalue weighted by Gasteiger charge is -2.29. The number of esters is 1. The molecule has 0 fully saturated rings. The Morgan fingerprint density at radius 3 is 2.15 bits per heavy atom. The highest BCUT2D eigenvalue weighted by molar-refractivity contribution is 6.06. The predicted molar refractivity (Wildman–Crippen MR) is 127 cm³/mol. The highest BCUT2D eigenvalue weighted by Gasteiger charge is 2.49. The fourth-order valence-corrected chi connectivity index (χ4v) is 3.25. The number of aryl methyl sites for hydroxylation is 1. The molecule has 0 saturated heterocycles. The van der Waals surface area contributed by atoms with Gasteiger partial charge >= 0.3 is 18.0 Å². The van der Waals surface area contributed by atoms with Gasteiger partial charge < -0.3 is 19.3 Å². The number of alkyl carbamates (subject to hydrolysis) is 1. The summed E-state index contributed by atoms with van der Waals surface area (Å²) >= 11 is 0. The third kappa shape index (κ3) is 8.10. The van der Waals surface area contributed by atoms with Gasteiger partial charge in [0, 0.05) is 0 Å². The van der Waals surface area contributed by atoms with Gasteiger partial charge in [-0.3, -0.25) is 5.32 Å². The van der Waals surface area contributed by atoms with Crippen molar-refractivity contribution in [1.82, 2.24) is 5.32 Å². The summed E-state index contributed by atoms with van der Waals surface area (Å²) in [5.74, 6) is -1.81. The van der Waals surface area contributed by atoms with E-state index >= 15 is 0 Å². The molecule has 1 unspecified atom stereocenters. The SMILES string of the molecule is CCOC(=O)C(CCCc1ccc(OCc2ccccc2)cc1)(NC(=O)OC(C)(C)C)C(=O)O. The molecule has 2 N–H and O–H groups in total. The number of benzene rings is 2. The predicted octanol–water partition coefficient (Wildman–Crippen LogP) is 4.50. The van der Waals surface area contributed by atoms with Gasteiger partial charge in [0.05, 0.1) is 6.61 Å². The maximum Gasteiger partial charge on any atom is 0.409 e. The Bertz CT molecular complexity index is 951. The Morgan fingerprint density at radius 2 is 1.59 bits per heavy atom. The number of ether oxygens (including phenoxy) is 3. The van der Waals surface area contributed by atoms with E-state index in [9.17, 15) is 19.5 Å². The fourth-order valence-electron chi connectivity index (χ4n) is 3.25. The average Bonchev–Trinajstić information content (AvgIpc) is 2.77. The number of amides is 1. The molecule has 0 aliphatic rings. The first kappa shape index (κ1) is 26.7. The van der Waals surface area contributed by atoms with Gasteiger partial charge in [-0.2, -0.15) is 0 Å². The van der Waals surface area contributed by atoms with Crippen LogP contribution in [0.1, 0.15) is 51.7 Å². The molecule has 0 heterocycles. The Hall–Kier alpha value is -3.55. The molecule has 0 radical (unpaired) electrons. The summed E-state index contributed by atoms with van der Waals surface area (Å²) in [5.41, 5.74) is -1.09. The molecule has 184 valence electrons. The monoisotopic (exact) mass is 471 g/mol. The Balaban J connectivity index is 2.02. The lowest BCUT2D eigenvalue weighted by Crippen LogP contribution is -2.61. The molecule has 0 bridgehead atoms. The van der Waals surface area contributed by atoms with Crippen LogP contribution in [-0.2, 0) is 32.1 Å². The second-order valence-electron chi connectivity index (χ2n) is 8.83. The van der Waals surface area contributed by atoms with E-state index in [1.807, 2.05) is 54.6 Å². The first-order valence-electron chi connectivity index (χ1n) is 11.2. The topological polar surface area (TPSA) is 111 Å². The number of nitrogens with one attached hydrogen (secondary N) is 1. The maximum absolute atomic E-state index is 12.6. The fraction of sp³-hybridized carbons (Fsp3) is 0.423. The highest BCUT2D eigenvalue weighted by Crippen LogP contribution is 2.21. The molecule has 2 rings (SSSR count). The molecular formula is C26H33NO7. The van der Waals surface area contributed by atoms with Crippen LogP contribution in [0.25, 0.3) is 0 Å². The summed E-state index contributed by atoms with van der Waals surface area (Å²) < 4.78 is 15.9. The molecule has 0 aliphatic carbocycles. The molecule has 0 aromatic heterocycles. The Kier molecular flexibility index (Phi) is 9.47. The van der Waals surface area contributed by atoms with E-state index in [4.69, 9.17) is 14.2 Å². The van der Waals surface area contributed by atoms with Crippen molar-refractivity contribution in [2.45, 2.75) is 64.7 Å². The normalized spacial score (nSPS) is 12.8. The summed E-state index contributed by atoms with van der Waals surface area (Å²) in [7, 11) is 0. The minimum Gasteiger partial charge on any atom is -0.489 e. The lowest BCUT2D eigenvalue weighted by atomic mass is 9.91. The van der Waals surface area contributed by atoms with Gasteiger partial charge in [-0.1, -0.05) is 42.5 Å². The lowest BCUT2D eigenvalue weighted by molar-refractivity contribution is -0.163. The maximum atomic E-state index is 12.6. The van der Waals surface area contributed by atoms with Crippen LogP contribution >= 0.6 is 0 Å². The summed E-state index contributed by atoms with van der Waals surface area (Å²) in [6, 6.07) is 17.3. The van der Waals surface area contributed by atoms with Crippen molar-refractivity contribution in [3.63, 3.8) is 0 Å². The van der Waals surface area contributed by atoms with Crippen LogP contribution in [0.2, 0.25) is 0 Å². The van der Waals surface area contributed by atoms with Crippen molar-refractivity contribution >= 4 is 18.0 Å². The van der Waals surface area contributed by atoms with E-state index < -0.39 is 29.2 Å². The number of carbonyl (C=O) groups is 3. The molecule has 0 aliphatic heterocycles. The average molecular weight is 472 g/mol. The van der Waals surface area contributed by atoms with Gasteiger partial charge in [-0.15, -0.1) is 0 Å². The number of rotatable bonds is 11. The molecule has 2 aromatic rings. The number of hydrogen-bond acceptors (Lipinski definition) is 6. The summed E-state index contributed by atoms with van der Waals surface area (Å²) in [6.07, 6.45) is -0.357. The van der Waals surface area contributed by atoms with Crippen LogP contribution in [-0.4, -0.2) is 40.9 Å².